The van der Waals surface area contributed by atoms with Gasteiger partial charge >= 0.3 is 0 Å². The lowest BCUT2D eigenvalue weighted by atomic mass is 9.81. The Labute approximate surface area is 86.6 Å². The summed E-state index contributed by atoms with van der Waals surface area (Å²) in [6.45, 7) is 5.52. The number of carbonyl (C=O) groups is 1. The normalized spacial score (nSPS) is 25.9. The fourth-order valence-electron chi connectivity index (χ4n) is 1.67. The average molecular weight is 198 g/mol. The third-order valence-corrected chi connectivity index (χ3v) is 2.59. The predicted octanol–water partition coefficient (Wildman–Crippen LogP) is 2.34. The molecule has 82 valence electrons. The third kappa shape index (κ3) is 6.63. The van der Waals surface area contributed by atoms with Gasteiger partial charge in [-0.25, -0.2) is 0 Å². The van der Waals surface area contributed by atoms with Crippen molar-refractivity contribution >= 4 is 11.6 Å². The van der Waals surface area contributed by atoms with Crippen LogP contribution in [0.2, 0.25) is 0 Å². The van der Waals surface area contributed by atoms with Crippen molar-refractivity contribution < 1.29 is 4.79 Å². The molecule has 1 aliphatic rings. The van der Waals surface area contributed by atoms with Gasteiger partial charge in [-0.15, -0.1) is 0 Å². The highest BCUT2D eigenvalue weighted by molar-refractivity contribution is 5.78. The summed E-state index contributed by atoms with van der Waals surface area (Å²) in [6, 6.07) is 0. The zero-order valence-corrected chi connectivity index (χ0v) is 9.47. The largest absolute Gasteiger partial charge is 0.388 e. The van der Waals surface area contributed by atoms with E-state index in [1.807, 2.05) is 0 Å². The molecular formula is C11H22N2O. The highest BCUT2D eigenvalue weighted by Crippen LogP contribution is 2.28. The van der Waals surface area contributed by atoms with E-state index in [9.17, 15) is 4.79 Å². The molecule has 0 amide bonds. The van der Waals surface area contributed by atoms with E-state index in [0.717, 1.165) is 18.8 Å². The Morgan fingerprint density at radius 2 is 1.57 bits per heavy atom. The smallest absolute Gasteiger partial charge is 0.132 e. The molecule has 1 rings (SSSR count). The van der Waals surface area contributed by atoms with Gasteiger partial charge in [0.15, 0.2) is 0 Å². The van der Waals surface area contributed by atoms with E-state index in [1.165, 1.54) is 19.8 Å². The van der Waals surface area contributed by atoms with Gasteiger partial charge in [0.1, 0.15) is 5.78 Å². The highest BCUT2D eigenvalue weighted by atomic mass is 16.1. The monoisotopic (exact) mass is 198 g/mol. The number of ketones is 1. The van der Waals surface area contributed by atoms with Gasteiger partial charge in [-0.3, -0.25) is 10.2 Å². The fourth-order valence-corrected chi connectivity index (χ4v) is 1.67. The zero-order valence-electron chi connectivity index (χ0n) is 9.47. The molecule has 0 heterocycles. The van der Waals surface area contributed by atoms with Gasteiger partial charge in [0.25, 0.3) is 0 Å². The summed E-state index contributed by atoms with van der Waals surface area (Å²) in [5, 5.41) is 6.28. The number of Topliss-reactive ketones (excluding diaryl/α,β-unsaturated/α-hetero) is 1. The van der Waals surface area contributed by atoms with Crippen LogP contribution in [0, 0.1) is 17.2 Å². The fraction of sp³-hybridized carbons (Fsp3) is 0.818. The van der Waals surface area contributed by atoms with Crippen LogP contribution in [0.1, 0.15) is 46.5 Å². The minimum atomic E-state index is 0.167. The number of nitrogens with two attached hydrogens (primary N) is 1. The standard InChI is InChI=1S/C9H16O.C2H6N2/c1-7-3-5-9(6-4-7)8(2)10;1-2(3)4/h7,9H,3-6H2,1-2H3;1H3,(H3,3,4). The Balaban J connectivity index is 0.000000364. The number of nitrogens with one attached hydrogen (secondary N) is 1. The molecule has 1 fully saturated rings. The maximum atomic E-state index is 10.9. The Hall–Kier alpha value is -0.860. The van der Waals surface area contributed by atoms with Crippen molar-refractivity contribution in [1.82, 2.24) is 0 Å². The van der Waals surface area contributed by atoms with Crippen LogP contribution in [-0.2, 0) is 4.79 Å². The number of rotatable bonds is 1. The summed E-state index contributed by atoms with van der Waals surface area (Å²) in [7, 11) is 0. The second-order valence-electron chi connectivity index (χ2n) is 4.25. The van der Waals surface area contributed by atoms with Crippen LogP contribution >= 0.6 is 0 Å². The molecule has 1 saturated carbocycles. The predicted molar refractivity (Wildman–Crippen MR) is 59.4 cm³/mol. The van der Waals surface area contributed by atoms with Gasteiger partial charge < -0.3 is 5.73 Å². The molecule has 1 aliphatic carbocycles. The minimum Gasteiger partial charge on any atom is -0.388 e. The molecule has 0 aliphatic heterocycles. The molecule has 0 aromatic carbocycles. The topological polar surface area (TPSA) is 66.9 Å². The summed E-state index contributed by atoms with van der Waals surface area (Å²) < 4.78 is 0. The first-order valence-corrected chi connectivity index (χ1v) is 5.24. The zero-order chi connectivity index (χ0) is 11.1. The van der Waals surface area contributed by atoms with Crippen molar-refractivity contribution in [1.29, 1.82) is 5.41 Å². The average Bonchev–Trinajstić information content (AvgIpc) is 2.03. The molecule has 0 spiro atoms. The minimum absolute atomic E-state index is 0.167. The third-order valence-electron chi connectivity index (χ3n) is 2.59. The molecule has 0 unspecified atom stereocenters. The lowest BCUT2D eigenvalue weighted by molar-refractivity contribution is -0.121. The number of amidine groups is 1. The van der Waals surface area contributed by atoms with Crippen LogP contribution in [-0.4, -0.2) is 11.6 Å². The molecule has 0 saturated heterocycles. The second kappa shape index (κ2) is 6.57. The maximum absolute atomic E-state index is 10.9. The van der Waals surface area contributed by atoms with Gasteiger partial charge in [0.05, 0.1) is 5.84 Å². The van der Waals surface area contributed by atoms with Crippen molar-refractivity contribution in [2.45, 2.75) is 46.5 Å². The van der Waals surface area contributed by atoms with Crippen LogP contribution in [0.25, 0.3) is 0 Å². The summed E-state index contributed by atoms with van der Waals surface area (Å²) in [5.74, 6) is 1.82. The maximum Gasteiger partial charge on any atom is 0.132 e. The molecule has 0 bridgehead atoms. The van der Waals surface area contributed by atoms with Crippen molar-refractivity contribution in [2.24, 2.45) is 17.6 Å². The van der Waals surface area contributed by atoms with Crippen LogP contribution in [0.15, 0.2) is 0 Å². The van der Waals surface area contributed by atoms with E-state index < -0.39 is 0 Å². The molecule has 3 N–H and O–H groups in total. The van der Waals surface area contributed by atoms with Crippen LogP contribution in [0.4, 0.5) is 0 Å². The first-order chi connectivity index (χ1) is 6.43. The van der Waals surface area contributed by atoms with E-state index in [-0.39, 0.29) is 5.84 Å². The van der Waals surface area contributed by atoms with Gasteiger partial charge in [0.2, 0.25) is 0 Å². The molecule has 3 heteroatoms. The van der Waals surface area contributed by atoms with Gasteiger partial charge in [-0.2, -0.15) is 0 Å². The van der Waals surface area contributed by atoms with Crippen LogP contribution in [0.5, 0.6) is 0 Å². The first kappa shape index (κ1) is 13.1. The molecule has 0 aromatic heterocycles. The quantitative estimate of drug-likeness (QED) is 0.501. The van der Waals surface area contributed by atoms with Gasteiger partial charge in [-0.1, -0.05) is 19.8 Å². The second-order valence-corrected chi connectivity index (χ2v) is 4.25. The van der Waals surface area contributed by atoms with E-state index in [4.69, 9.17) is 11.1 Å². The van der Waals surface area contributed by atoms with Crippen molar-refractivity contribution in [3.63, 3.8) is 0 Å². The molecule has 0 radical (unpaired) electrons. The van der Waals surface area contributed by atoms with Crippen LogP contribution < -0.4 is 5.73 Å². The molecule has 0 atom stereocenters. The van der Waals surface area contributed by atoms with Crippen molar-refractivity contribution in [3.05, 3.63) is 0 Å². The highest BCUT2D eigenvalue weighted by Gasteiger charge is 2.20. The summed E-state index contributed by atoms with van der Waals surface area (Å²) in [4.78, 5) is 10.9. The Bertz CT molecular complexity index is 189. The lowest BCUT2D eigenvalue weighted by Crippen LogP contribution is -2.18. The van der Waals surface area contributed by atoms with Crippen molar-refractivity contribution in [2.75, 3.05) is 0 Å². The Morgan fingerprint density at radius 1 is 1.21 bits per heavy atom. The summed E-state index contributed by atoms with van der Waals surface area (Å²) in [5.41, 5.74) is 4.69. The molecule has 14 heavy (non-hydrogen) atoms. The van der Waals surface area contributed by atoms with Crippen LogP contribution in [0.3, 0.4) is 0 Å². The number of carbonyl (C=O) groups excluding carboxylic acids is 1. The lowest BCUT2D eigenvalue weighted by Gasteiger charge is -2.23. The van der Waals surface area contributed by atoms with Gasteiger partial charge in [0, 0.05) is 5.92 Å². The summed E-state index contributed by atoms with van der Waals surface area (Å²) in [6.07, 6.45) is 4.78. The van der Waals surface area contributed by atoms with Gasteiger partial charge in [-0.05, 0) is 32.6 Å². The number of hydrogen-bond acceptors (Lipinski definition) is 2. The number of hydrogen-bond donors (Lipinski definition) is 2. The Kier molecular flexibility index (Phi) is 6.17. The van der Waals surface area contributed by atoms with E-state index in [0.29, 0.717) is 11.7 Å². The first-order valence-electron chi connectivity index (χ1n) is 5.24. The summed E-state index contributed by atoms with van der Waals surface area (Å²) >= 11 is 0. The molecular weight excluding hydrogens is 176 g/mol. The Morgan fingerprint density at radius 3 is 1.86 bits per heavy atom. The molecule has 0 aromatic rings. The van der Waals surface area contributed by atoms with E-state index >= 15 is 0 Å². The van der Waals surface area contributed by atoms with E-state index in [2.05, 4.69) is 6.92 Å². The van der Waals surface area contributed by atoms with Crippen molar-refractivity contribution in [3.8, 4) is 0 Å². The molecule has 3 nitrogen and oxygen atoms in total. The SMILES string of the molecule is CC(=N)N.CC(=O)C1CCC(C)CC1. The van der Waals surface area contributed by atoms with E-state index in [1.54, 1.807) is 6.92 Å².